The van der Waals surface area contributed by atoms with Gasteiger partial charge >= 0.3 is 0 Å². The molecule has 4 heterocycles. The number of rotatable bonds is 3. The summed E-state index contributed by atoms with van der Waals surface area (Å²) in [5.41, 5.74) is 19.1. The summed E-state index contributed by atoms with van der Waals surface area (Å²) in [6.07, 6.45) is 0. The molecule has 0 aliphatic carbocycles. The van der Waals surface area contributed by atoms with Gasteiger partial charge in [0.2, 0.25) is 0 Å². The monoisotopic (exact) mass is 774 g/mol. The largest absolute Gasteiger partial charge is 0.310 e. The fourth-order valence-corrected chi connectivity index (χ4v) is 10.6. The molecule has 12 rings (SSSR count). The predicted molar refractivity (Wildman–Crippen MR) is 253 cm³/mol. The molecule has 0 amide bonds. The van der Waals surface area contributed by atoms with Crippen LogP contribution in [0.4, 0.5) is 4.39 Å². The zero-order valence-electron chi connectivity index (χ0n) is 34.9. The van der Waals surface area contributed by atoms with E-state index in [1.54, 1.807) is 6.07 Å². The Morgan fingerprint density at radius 2 is 1.10 bits per heavy atom. The van der Waals surface area contributed by atoms with Crippen molar-refractivity contribution in [1.29, 1.82) is 0 Å². The molecular weight excluding hydrogens is 730 g/mol. The molecule has 4 heteroatoms. The maximum atomic E-state index is 15.3. The van der Waals surface area contributed by atoms with Gasteiger partial charge in [-0.25, -0.2) is 4.39 Å². The lowest BCUT2D eigenvalue weighted by atomic mass is 9.33. The Labute approximate surface area is 350 Å². The Hall–Kier alpha value is -6.65. The van der Waals surface area contributed by atoms with E-state index < -0.39 is 0 Å². The molecule has 0 radical (unpaired) electrons. The van der Waals surface area contributed by atoms with Crippen LogP contribution in [0.15, 0.2) is 158 Å². The van der Waals surface area contributed by atoms with Crippen LogP contribution in [0.1, 0.15) is 52.7 Å². The highest BCUT2D eigenvalue weighted by Crippen LogP contribution is 2.47. The number of hydrogen-bond donors (Lipinski definition) is 0. The Balaban J connectivity index is 1.36. The average Bonchev–Trinajstić information content (AvgIpc) is 3.77. The van der Waals surface area contributed by atoms with Crippen molar-refractivity contribution in [2.75, 3.05) is 0 Å². The molecule has 288 valence electrons. The molecule has 0 spiro atoms. The number of halogens is 1. The topological polar surface area (TPSA) is 9.86 Å². The molecule has 10 aromatic rings. The maximum Gasteiger partial charge on any atom is 0.253 e. The Morgan fingerprint density at radius 1 is 0.450 bits per heavy atom. The van der Waals surface area contributed by atoms with Crippen LogP contribution in [0, 0.1) is 5.82 Å². The third-order valence-corrected chi connectivity index (χ3v) is 13.4. The molecule has 2 nitrogen and oxygen atoms in total. The van der Waals surface area contributed by atoms with Crippen LogP contribution in [0.5, 0.6) is 0 Å². The predicted octanol–water partition coefficient (Wildman–Crippen LogP) is 12.8. The third-order valence-electron chi connectivity index (χ3n) is 13.4. The van der Waals surface area contributed by atoms with Gasteiger partial charge in [0.25, 0.3) is 6.71 Å². The average molecular weight is 775 g/mol. The van der Waals surface area contributed by atoms with Crippen molar-refractivity contribution < 1.29 is 4.39 Å². The molecule has 60 heavy (non-hydrogen) atoms. The van der Waals surface area contributed by atoms with Crippen molar-refractivity contribution in [3.05, 3.63) is 175 Å². The van der Waals surface area contributed by atoms with Gasteiger partial charge in [-0.3, -0.25) is 0 Å². The molecule has 0 saturated heterocycles. The summed E-state index contributed by atoms with van der Waals surface area (Å²) in [5, 5.41) is 6.30. The van der Waals surface area contributed by atoms with Crippen LogP contribution in [0.3, 0.4) is 0 Å². The van der Waals surface area contributed by atoms with Gasteiger partial charge in [-0.05, 0) is 120 Å². The second-order valence-corrected chi connectivity index (χ2v) is 19.1. The van der Waals surface area contributed by atoms with Crippen LogP contribution in [-0.2, 0) is 10.8 Å². The van der Waals surface area contributed by atoms with Crippen LogP contribution in [-0.4, -0.2) is 15.8 Å². The van der Waals surface area contributed by atoms with E-state index in [2.05, 4.69) is 184 Å². The van der Waals surface area contributed by atoms with Crippen molar-refractivity contribution in [2.45, 2.75) is 52.4 Å². The molecule has 0 atom stereocenters. The lowest BCUT2D eigenvalue weighted by Crippen LogP contribution is -2.60. The number of hydrogen-bond acceptors (Lipinski definition) is 0. The molecule has 8 aromatic carbocycles. The lowest BCUT2D eigenvalue weighted by Gasteiger charge is -2.36. The van der Waals surface area contributed by atoms with E-state index in [9.17, 15) is 0 Å². The van der Waals surface area contributed by atoms with Gasteiger partial charge < -0.3 is 9.13 Å². The van der Waals surface area contributed by atoms with E-state index in [0.29, 0.717) is 0 Å². The zero-order valence-corrected chi connectivity index (χ0v) is 34.9. The third kappa shape index (κ3) is 4.88. The van der Waals surface area contributed by atoms with Gasteiger partial charge in [0.15, 0.2) is 0 Å². The van der Waals surface area contributed by atoms with E-state index in [-0.39, 0.29) is 23.4 Å². The first-order chi connectivity index (χ1) is 29.0. The first-order valence-electron chi connectivity index (χ1n) is 21.2. The summed E-state index contributed by atoms with van der Waals surface area (Å²) in [6.45, 7) is 13.9. The minimum Gasteiger partial charge on any atom is -0.310 e. The van der Waals surface area contributed by atoms with Crippen molar-refractivity contribution >= 4 is 66.6 Å². The quantitative estimate of drug-likeness (QED) is 0.158. The highest BCUT2D eigenvalue weighted by Gasteiger charge is 2.44. The van der Waals surface area contributed by atoms with E-state index in [0.717, 1.165) is 33.8 Å². The Bertz CT molecular complexity index is 3450. The second kappa shape index (κ2) is 12.2. The maximum absolute atomic E-state index is 15.3. The fraction of sp³-hybridized carbons (Fsp3) is 0.143. The van der Waals surface area contributed by atoms with Gasteiger partial charge in [-0.15, -0.1) is 0 Å². The van der Waals surface area contributed by atoms with E-state index in [4.69, 9.17) is 0 Å². The molecule has 2 aromatic heterocycles. The Morgan fingerprint density at radius 3 is 1.82 bits per heavy atom. The first kappa shape index (κ1) is 35.3. The summed E-state index contributed by atoms with van der Waals surface area (Å²) in [5.74, 6) is -0.239. The van der Waals surface area contributed by atoms with Crippen molar-refractivity contribution in [1.82, 2.24) is 9.13 Å². The minimum absolute atomic E-state index is 0.0171. The summed E-state index contributed by atoms with van der Waals surface area (Å²) in [4.78, 5) is 0. The standard InChI is InChI=1S/C56H44BFN2/c1-55(2,3)38-24-25-46-42(30-38)43-31-39(56(4,5)6)32-45-53(43)59(46)47-28-37(35-21-15-22-40(58)26-35)29-48-51(47)57(45)50-41-23-14-13-20-36(41)27-44-49(33-16-9-7-10-17-33)52(60(48)54(44)50)34-18-11-8-12-19-34/h7-32H,1-6H3. The van der Waals surface area contributed by atoms with Gasteiger partial charge in [-0.1, -0.05) is 151 Å². The second-order valence-electron chi connectivity index (χ2n) is 19.1. The summed E-state index contributed by atoms with van der Waals surface area (Å²) in [7, 11) is 0. The number of aromatic nitrogens is 2. The van der Waals surface area contributed by atoms with E-state index in [1.807, 2.05) is 12.1 Å². The molecular formula is C56H44BFN2. The van der Waals surface area contributed by atoms with Gasteiger partial charge in [0, 0.05) is 38.6 Å². The first-order valence-corrected chi connectivity index (χ1v) is 21.2. The Kier molecular flexibility index (Phi) is 7.18. The molecule has 0 unspecified atom stereocenters. The van der Waals surface area contributed by atoms with Gasteiger partial charge in [0.1, 0.15) is 5.82 Å². The molecule has 0 N–H and O–H groups in total. The minimum atomic E-state index is -0.239. The van der Waals surface area contributed by atoms with Crippen LogP contribution in [0.2, 0.25) is 0 Å². The van der Waals surface area contributed by atoms with Crippen molar-refractivity contribution in [2.24, 2.45) is 0 Å². The van der Waals surface area contributed by atoms with Crippen molar-refractivity contribution in [3.8, 4) is 44.9 Å². The van der Waals surface area contributed by atoms with Crippen LogP contribution < -0.4 is 16.4 Å². The SMILES string of the molecule is CC(C)(C)c1ccc2c(c1)c1cc(C(C)(C)C)cc3c1n2-c1cc(-c2cccc(F)c2)cc2c1B3c1c3ccccc3cc3c(-c4ccccc4)c(-c4ccccc4)n-2c13. The molecule has 0 saturated carbocycles. The highest BCUT2D eigenvalue weighted by atomic mass is 19.1. The van der Waals surface area contributed by atoms with Gasteiger partial charge in [0.05, 0.1) is 16.7 Å². The van der Waals surface area contributed by atoms with Crippen LogP contribution in [0.25, 0.3) is 88.4 Å². The zero-order chi connectivity index (χ0) is 40.8. The van der Waals surface area contributed by atoms with Gasteiger partial charge in [-0.2, -0.15) is 0 Å². The molecule has 2 aliphatic heterocycles. The van der Waals surface area contributed by atoms with Crippen LogP contribution >= 0.6 is 0 Å². The summed E-state index contributed by atoms with van der Waals surface area (Å²) < 4.78 is 20.4. The highest BCUT2D eigenvalue weighted by molar-refractivity contribution is 7.01. The number of benzene rings is 8. The molecule has 0 bridgehead atoms. The molecule has 0 fully saturated rings. The summed E-state index contributed by atoms with van der Waals surface area (Å²) in [6, 6.07) is 57.1. The summed E-state index contributed by atoms with van der Waals surface area (Å²) >= 11 is 0. The van der Waals surface area contributed by atoms with E-state index in [1.165, 1.54) is 88.2 Å². The fourth-order valence-electron chi connectivity index (χ4n) is 10.6. The number of fused-ring (bicyclic) bond motifs is 9. The van der Waals surface area contributed by atoms with Crippen molar-refractivity contribution in [3.63, 3.8) is 0 Å². The lowest BCUT2D eigenvalue weighted by molar-refractivity contribution is 0.590. The molecule has 2 aliphatic rings. The smallest absolute Gasteiger partial charge is 0.253 e. The van der Waals surface area contributed by atoms with E-state index >= 15 is 4.39 Å². The normalized spacial score (nSPS) is 13.2. The number of nitrogens with zero attached hydrogens (tertiary/aromatic N) is 2.